The zero-order chi connectivity index (χ0) is 15.3. The highest BCUT2D eigenvalue weighted by atomic mass is 16.5. The number of para-hydroxylation sites is 1. The van der Waals surface area contributed by atoms with E-state index in [0.29, 0.717) is 11.3 Å². The van der Waals surface area contributed by atoms with Gasteiger partial charge in [0.05, 0.1) is 37.4 Å². The number of hydrogen-bond donors (Lipinski definition) is 0. The SMILES string of the molecule is COc1ccccc1/C=N/N1C(=O)[C@@H]2[C@H](C1=O)[C@@H]1C=C[C@@H]2O1. The van der Waals surface area contributed by atoms with Crippen LogP contribution in [0.3, 0.4) is 0 Å². The van der Waals surface area contributed by atoms with Crippen molar-refractivity contribution in [2.75, 3.05) is 7.11 Å². The number of carbonyl (C=O) groups is 2. The average molecular weight is 298 g/mol. The van der Waals surface area contributed by atoms with Gasteiger partial charge >= 0.3 is 0 Å². The molecular weight excluding hydrogens is 284 g/mol. The third-order valence-corrected chi connectivity index (χ3v) is 4.34. The van der Waals surface area contributed by atoms with Crippen molar-refractivity contribution in [1.29, 1.82) is 0 Å². The molecule has 0 N–H and O–H groups in total. The van der Waals surface area contributed by atoms with Crippen molar-refractivity contribution in [1.82, 2.24) is 5.01 Å². The van der Waals surface area contributed by atoms with Crippen molar-refractivity contribution >= 4 is 18.0 Å². The van der Waals surface area contributed by atoms with Gasteiger partial charge in [-0.15, -0.1) is 0 Å². The first-order valence-electron chi connectivity index (χ1n) is 7.09. The first-order chi connectivity index (χ1) is 10.7. The molecule has 4 rings (SSSR count). The smallest absolute Gasteiger partial charge is 0.256 e. The maximum absolute atomic E-state index is 12.4. The minimum Gasteiger partial charge on any atom is -0.496 e. The molecule has 3 aliphatic heterocycles. The van der Waals surface area contributed by atoms with Crippen molar-refractivity contribution in [2.45, 2.75) is 12.2 Å². The first kappa shape index (κ1) is 13.2. The molecule has 2 bridgehead atoms. The number of nitrogens with zero attached hydrogens (tertiary/aromatic N) is 2. The van der Waals surface area contributed by atoms with E-state index in [4.69, 9.17) is 9.47 Å². The Morgan fingerprint density at radius 3 is 2.41 bits per heavy atom. The summed E-state index contributed by atoms with van der Waals surface area (Å²) in [6, 6.07) is 7.28. The third kappa shape index (κ3) is 1.74. The summed E-state index contributed by atoms with van der Waals surface area (Å²) in [6.07, 6.45) is 4.59. The summed E-state index contributed by atoms with van der Waals surface area (Å²) in [7, 11) is 1.56. The largest absolute Gasteiger partial charge is 0.496 e. The first-order valence-corrected chi connectivity index (χ1v) is 7.09. The van der Waals surface area contributed by atoms with E-state index in [1.807, 2.05) is 30.4 Å². The normalized spacial score (nSPS) is 32.3. The second kappa shape index (κ2) is 4.78. The molecule has 0 aliphatic carbocycles. The van der Waals surface area contributed by atoms with Crippen LogP contribution in [-0.4, -0.2) is 42.4 Å². The number of fused-ring (bicyclic) bond motifs is 5. The summed E-state index contributed by atoms with van der Waals surface area (Å²) in [5.74, 6) is -0.818. The maximum atomic E-state index is 12.4. The molecule has 1 aromatic carbocycles. The topological polar surface area (TPSA) is 68.2 Å². The molecule has 6 heteroatoms. The predicted molar refractivity (Wildman–Crippen MR) is 77.2 cm³/mol. The van der Waals surface area contributed by atoms with Crippen LogP contribution in [0.5, 0.6) is 5.75 Å². The molecule has 3 aliphatic rings. The Hall–Kier alpha value is -2.47. The predicted octanol–water partition coefficient (Wildman–Crippen LogP) is 0.967. The van der Waals surface area contributed by atoms with Crippen LogP contribution in [0, 0.1) is 11.8 Å². The summed E-state index contributed by atoms with van der Waals surface area (Å²) in [5, 5.41) is 5.06. The Labute approximate surface area is 127 Å². The lowest BCUT2D eigenvalue weighted by Gasteiger charge is -2.12. The van der Waals surface area contributed by atoms with Crippen molar-refractivity contribution in [2.24, 2.45) is 16.9 Å². The molecule has 0 unspecified atom stereocenters. The quantitative estimate of drug-likeness (QED) is 0.474. The number of amides is 2. The lowest BCUT2D eigenvalue weighted by molar-refractivity contribution is -0.142. The number of hydrazone groups is 1. The van der Waals surface area contributed by atoms with E-state index in [9.17, 15) is 9.59 Å². The molecule has 1 aromatic rings. The molecule has 112 valence electrons. The van der Waals surface area contributed by atoms with Crippen LogP contribution in [0.4, 0.5) is 0 Å². The fourth-order valence-electron chi connectivity index (χ4n) is 3.29. The molecular formula is C16H14N2O4. The summed E-state index contributed by atoms with van der Waals surface area (Å²) in [5.41, 5.74) is 0.708. The number of carbonyl (C=O) groups excluding carboxylic acids is 2. The van der Waals surface area contributed by atoms with Gasteiger partial charge in [0.15, 0.2) is 0 Å². The highest BCUT2D eigenvalue weighted by molar-refractivity contribution is 6.07. The van der Waals surface area contributed by atoms with E-state index in [0.717, 1.165) is 5.01 Å². The molecule has 2 amide bonds. The van der Waals surface area contributed by atoms with Crippen molar-refractivity contribution in [3.63, 3.8) is 0 Å². The summed E-state index contributed by atoms with van der Waals surface area (Å²) >= 11 is 0. The van der Waals surface area contributed by atoms with Crippen LogP contribution in [-0.2, 0) is 14.3 Å². The van der Waals surface area contributed by atoms with Crippen LogP contribution >= 0.6 is 0 Å². The van der Waals surface area contributed by atoms with E-state index >= 15 is 0 Å². The molecule has 2 fully saturated rings. The monoisotopic (exact) mass is 298 g/mol. The molecule has 4 atom stereocenters. The van der Waals surface area contributed by atoms with Gasteiger partial charge in [-0.3, -0.25) is 9.59 Å². The van der Waals surface area contributed by atoms with Gasteiger partial charge in [-0.25, -0.2) is 0 Å². The molecule has 0 radical (unpaired) electrons. The lowest BCUT2D eigenvalue weighted by Crippen LogP contribution is -2.30. The van der Waals surface area contributed by atoms with Crippen molar-refractivity contribution < 1.29 is 19.1 Å². The van der Waals surface area contributed by atoms with Gasteiger partial charge in [0.1, 0.15) is 5.75 Å². The fourth-order valence-corrected chi connectivity index (χ4v) is 3.29. The van der Waals surface area contributed by atoms with E-state index in [1.165, 1.54) is 6.21 Å². The van der Waals surface area contributed by atoms with Crippen molar-refractivity contribution in [3.8, 4) is 5.75 Å². The van der Waals surface area contributed by atoms with E-state index in [2.05, 4.69) is 5.10 Å². The molecule has 0 aromatic heterocycles. The van der Waals surface area contributed by atoms with Gasteiger partial charge < -0.3 is 9.47 Å². The van der Waals surface area contributed by atoms with Crippen molar-refractivity contribution in [3.05, 3.63) is 42.0 Å². The van der Waals surface area contributed by atoms with Crippen LogP contribution in [0.25, 0.3) is 0 Å². The van der Waals surface area contributed by atoms with Gasteiger partial charge in [0.2, 0.25) is 0 Å². The van der Waals surface area contributed by atoms with E-state index < -0.39 is 11.8 Å². The van der Waals surface area contributed by atoms with Crippen LogP contribution in [0.2, 0.25) is 0 Å². The van der Waals surface area contributed by atoms with Gasteiger partial charge in [-0.2, -0.15) is 10.1 Å². The summed E-state index contributed by atoms with van der Waals surface area (Å²) in [4.78, 5) is 24.8. The van der Waals surface area contributed by atoms with Gasteiger partial charge in [0, 0.05) is 5.56 Å². The van der Waals surface area contributed by atoms with Gasteiger partial charge in [-0.05, 0) is 12.1 Å². The van der Waals surface area contributed by atoms with E-state index in [-0.39, 0.29) is 24.0 Å². The molecule has 3 heterocycles. The minimum atomic E-state index is -0.433. The molecule has 22 heavy (non-hydrogen) atoms. The maximum Gasteiger partial charge on any atom is 0.256 e. The lowest BCUT2D eigenvalue weighted by atomic mass is 9.85. The molecule has 0 saturated carbocycles. The molecule has 6 nitrogen and oxygen atoms in total. The van der Waals surface area contributed by atoms with Crippen LogP contribution in [0.1, 0.15) is 5.56 Å². The Kier molecular flexibility index (Phi) is 2.87. The molecule has 0 spiro atoms. The highest BCUT2D eigenvalue weighted by Gasteiger charge is 2.61. The number of hydrogen-bond acceptors (Lipinski definition) is 5. The Bertz CT molecular complexity index is 682. The second-order valence-electron chi connectivity index (χ2n) is 5.48. The second-order valence-corrected chi connectivity index (χ2v) is 5.48. The standard InChI is InChI=1S/C16H14N2O4/c1-21-10-5-3-2-4-9(10)8-17-18-15(19)13-11-6-7-12(22-11)14(13)16(18)20/h2-8,11-14H,1H3/b17-8+/t11-,12-,13-,14+/m0/s1. The zero-order valence-electron chi connectivity index (χ0n) is 11.9. The Morgan fingerprint density at radius 1 is 1.14 bits per heavy atom. The number of benzene rings is 1. The fraction of sp³-hybridized carbons (Fsp3) is 0.312. The Morgan fingerprint density at radius 2 is 1.77 bits per heavy atom. The van der Waals surface area contributed by atoms with Crippen LogP contribution in [0.15, 0.2) is 41.5 Å². The average Bonchev–Trinajstić information content (AvgIpc) is 3.21. The van der Waals surface area contributed by atoms with E-state index in [1.54, 1.807) is 13.2 Å². The zero-order valence-corrected chi connectivity index (χ0v) is 11.9. The summed E-state index contributed by atoms with van der Waals surface area (Å²) < 4.78 is 10.8. The third-order valence-electron chi connectivity index (χ3n) is 4.34. The minimum absolute atomic E-state index is 0.294. The Balaban J connectivity index is 1.61. The highest BCUT2D eigenvalue weighted by Crippen LogP contribution is 2.45. The number of rotatable bonds is 3. The van der Waals surface area contributed by atoms with Gasteiger partial charge in [0.25, 0.3) is 11.8 Å². The molecule has 2 saturated heterocycles. The number of imide groups is 1. The number of methoxy groups -OCH3 is 1. The van der Waals surface area contributed by atoms with Crippen LogP contribution < -0.4 is 4.74 Å². The number of ether oxygens (including phenoxy) is 2. The van der Waals surface area contributed by atoms with Gasteiger partial charge in [-0.1, -0.05) is 24.3 Å². The summed E-state index contributed by atoms with van der Waals surface area (Å²) in [6.45, 7) is 0.